The van der Waals surface area contributed by atoms with Gasteiger partial charge in [0, 0.05) is 11.7 Å². The predicted molar refractivity (Wildman–Crippen MR) is 86.6 cm³/mol. The number of anilines is 1. The third kappa shape index (κ3) is 4.71. The van der Waals surface area contributed by atoms with Gasteiger partial charge in [0.1, 0.15) is 0 Å². The minimum Gasteiger partial charge on any atom is -0.382 e. The first-order valence-electron chi connectivity index (χ1n) is 7.75. The van der Waals surface area contributed by atoms with Crippen molar-refractivity contribution in [1.29, 1.82) is 0 Å². The highest BCUT2D eigenvalue weighted by molar-refractivity contribution is 7.89. The molecule has 118 valence electrons. The van der Waals surface area contributed by atoms with Crippen LogP contribution in [-0.2, 0) is 10.0 Å². The molecule has 2 atom stereocenters. The number of rotatable bonds is 4. The molecule has 2 rings (SSSR count). The molecule has 0 aromatic heterocycles. The van der Waals surface area contributed by atoms with Crippen molar-refractivity contribution in [1.82, 2.24) is 0 Å². The fraction of sp³-hybridized carbons (Fsp3) is 0.625. The Morgan fingerprint density at radius 1 is 1.19 bits per heavy atom. The number of nitrogens with two attached hydrogens (primary N) is 1. The van der Waals surface area contributed by atoms with Crippen LogP contribution in [0.4, 0.5) is 5.69 Å². The number of nitrogens with one attached hydrogen (secondary N) is 1. The minimum absolute atomic E-state index is 0.168. The van der Waals surface area contributed by atoms with Crippen LogP contribution >= 0.6 is 0 Å². The highest BCUT2D eigenvalue weighted by atomic mass is 32.2. The van der Waals surface area contributed by atoms with E-state index in [4.69, 9.17) is 5.14 Å². The molecule has 0 amide bonds. The van der Waals surface area contributed by atoms with E-state index in [1.54, 1.807) is 12.1 Å². The van der Waals surface area contributed by atoms with Crippen molar-refractivity contribution in [3.8, 4) is 0 Å². The average molecular weight is 310 g/mol. The van der Waals surface area contributed by atoms with Crippen LogP contribution < -0.4 is 10.5 Å². The van der Waals surface area contributed by atoms with Gasteiger partial charge in [0.15, 0.2) is 0 Å². The normalized spacial score (nSPS) is 23.8. The van der Waals surface area contributed by atoms with E-state index in [9.17, 15) is 8.42 Å². The Morgan fingerprint density at radius 3 is 2.62 bits per heavy atom. The van der Waals surface area contributed by atoms with E-state index in [2.05, 4.69) is 19.2 Å². The molecule has 1 saturated carbocycles. The number of benzene rings is 1. The van der Waals surface area contributed by atoms with Crippen LogP contribution in [0.5, 0.6) is 0 Å². The van der Waals surface area contributed by atoms with Crippen molar-refractivity contribution < 1.29 is 8.42 Å². The molecular formula is C16H26N2O2S. The predicted octanol–water partition coefficient (Wildman–Crippen LogP) is 3.35. The second-order valence-corrected chi connectivity index (χ2v) is 7.99. The third-order valence-corrected chi connectivity index (χ3v) is 5.40. The summed E-state index contributed by atoms with van der Waals surface area (Å²) in [6, 6.07) is 7.21. The van der Waals surface area contributed by atoms with Crippen molar-refractivity contribution in [2.45, 2.75) is 56.9 Å². The molecule has 1 aliphatic carbocycles. The van der Waals surface area contributed by atoms with Gasteiger partial charge < -0.3 is 5.32 Å². The van der Waals surface area contributed by atoms with Gasteiger partial charge in [-0.2, -0.15) is 0 Å². The van der Waals surface area contributed by atoms with Crippen molar-refractivity contribution in [2.24, 2.45) is 17.0 Å². The lowest BCUT2D eigenvalue weighted by Gasteiger charge is -2.20. The Bertz CT molecular complexity index is 569. The maximum atomic E-state index is 11.4. The van der Waals surface area contributed by atoms with Gasteiger partial charge in [-0.15, -0.1) is 0 Å². The highest BCUT2D eigenvalue weighted by Crippen LogP contribution is 2.30. The number of hydrogen-bond acceptors (Lipinski definition) is 3. The number of primary sulfonamides is 1. The Balaban J connectivity index is 2.02. The van der Waals surface area contributed by atoms with Gasteiger partial charge in [0.05, 0.1) is 4.90 Å². The summed E-state index contributed by atoms with van der Waals surface area (Å²) in [4.78, 5) is 0.168. The second kappa shape index (κ2) is 6.79. The summed E-state index contributed by atoms with van der Waals surface area (Å²) in [6.45, 7) is 4.60. The molecule has 4 nitrogen and oxygen atoms in total. The molecule has 3 N–H and O–H groups in total. The molecule has 1 fully saturated rings. The maximum absolute atomic E-state index is 11.4. The largest absolute Gasteiger partial charge is 0.382 e. The zero-order valence-electron chi connectivity index (χ0n) is 12.9. The van der Waals surface area contributed by atoms with Crippen LogP contribution in [0, 0.1) is 11.8 Å². The summed E-state index contributed by atoms with van der Waals surface area (Å²) in [7, 11) is -3.63. The molecule has 0 saturated heterocycles. The molecule has 0 bridgehead atoms. The van der Waals surface area contributed by atoms with E-state index in [-0.39, 0.29) is 4.90 Å². The lowest BCUT2D eigenvalue weighted by atomic mass is 9.89. The van der Waals surface area contributed by atoms with Gasteiger partial charge in [0.2, 0.25) is 10.0 Å². The van der Waals surface area contributed by atoms with Crippen LogP contribution in [0.15, 0.2) is 29.2 Å². The van der Waals surface area contributed by atoms with Crippen molar-refractivity contribution in [2.75, 3.05) is 5.32 Å². The molecule has 1 aromatic carbocycles. The summed E-state index contributed by atoms with van der Waals surface area (Å²) in [5.41, 5.74) is 0.842. The monoisotopic (exact) mass is 310 g/mol. The average Bonchev–Trinajstić information content (AvgIpc) is 2.64. The molecule has 21 heavy (non-hydrogen) atoms. The van der Waals surface area contributed by atoms with Crippen LogP contribution in [0.3, 0.4) is 0 Å². The van der Waals surface area contributed by atoms with Crippen LogP contribution in [0.2, 0.25) is 0 Å². The van der Waals surface area contributed by atoms with Crippen LogP contribution in [0.1, 0.15) is 46.0 Å². The third-order valence-electron chi connectivity index (χ3n) is 4.49. The Labute approximate surface area is 128 Å². The second-order valence-electron chi connectivity index (χ2n) is 6.43. The quantitative estimate of drug-likeness (QED) is 0.838. The fourth-order valence-electron chi connectivity index (χ4n) is 3.14. The molecule has 0 heterocycles. The van der Waals surface area contributed by atoms with E-state index in [0.717, 1.165) is 30.4 Å². The van der Waals surface area contributed by atoms with Crippen LogP contribution in [0.25, 0.3) is 0 Å². The van der Waals surface area contributed by atoms with E-state index >= 15 is 0 Å². The summed E-state index contributed by atoms with van der Waals surface area (Å²) in [6.07, 6.45) is 6.05. The van der Waals surface area contributed by atoms with Crippen molar-refractivity contribution in [3.05, 3.63) is 24.3 Å². The zero-order chi connectivity index (χ0) is 15.5. The molecule has 0 spiro atoms. The van der Waals surface area contributed by atoms with Gasteiger partial charge >= 0.3 is 0 Å². The van der Waals surface area contributed by atoms with E-state index in [0.29, 0.717) is 6.04 Å². The van der Waals surface area contributed by atoms with Gasteiger partial charge in [-0.3, -0.25) is 0 Å². The fourth-order valence-corrected chi connectivity index (χ4v) is 3.70. The topological polar surface area (TPSA) is 72.2 Å². The van der Waals surface area contributed by atoms with Gasteiger partial charge in [-0.1, -0.05) is 32.8 Å². The SMILES string of the molecule is CC(C)C1CCCC(Nc2cccc(S(N)(=O)=O)c2)CC1. The zero-order valence-corrected chi connectivity index (χ0v) is 13.7. The van der Waals surface area contributed by atoms with E-state index in [1.807, 2.05) is 6.07 Å². The summed E-state index contributed by atoms with van der Waals surface area (Å²) < 4.78 is 22.8. The Kier molecular flexibility index (Phi) is 5.27. The van der Waals surface area contributed by atoms with Crippen molar-refractivity contribution >= 4 is 15.7 Å². The summed E-state index contributed by atoms with van der Waals surface area (Å²) in [5.74, 6) is 1.56. The molecule has 5 heteroatoms. The van der Waals surface area contributed by atoms with E-state index in [1.165, 1.54) is 25.3 Å². The smallest absolute Gasteiger partial charge is 0.238 e. The lowest BCUT2D eigenvalue weighted by Crippen LogP contribution is -2.19. The first-order chi connectivity index (χ1) is 9.86. The van der Waals surface area contributed by atoms with E-state index < -0.39 is 10.0 Å². The lowest BCUT2D eigenvalue weighted by molar-refractivity contribution is 0.341. The Hall–Kier alpha value is -1.07. The summed E-state index contributed by atoms with van der Waals surface area (Å²) in [5, 5.41) is 8.65. The maximum Gasteiger partial charge on any atom is 0.238 e. The molecule has 1 aliphatic rings. The molecular weight excluding hydrogens is 284 g/mol. The minimum atomic E-state index is -3.63. The standard InChI is InChI=1S/C16H26N2O2S/c1-12(2)13-5-3-6-14(10-9-13)18-15-7-4-8-16(11-15)21(17,19)20/h4,7-8,11-14,18H,3,5-6,9-10H2,1-2H3,(H2,17,19,20). The van der Waals surface area contributed by atoms with Crippen LogP contribution in [-0.4, -0.2) is 14.5 Å². The number of hydrogen-bond donors (Lipinski definition) is 2. The van der Waals surface area contributed by atoms with Gasteiger partial charge in [-0.05, 0) is 49.3 Å². The van der Waals surface area contributed by atoms with Gasteiger partial charge in [-0.25, -0.2) is 13.6 Å². The highest BCUT2D eigenvalue weighted by Gasteiger charge is 2.21. The summed E-state index contributed by atoms with van der Waals surface area (Å²) >= 11 is 0. The first-order valence-corrected chi connectivity index (χ1v) is 9.30. The molecule has 2 unspecified atom stereocenters. The molecule has 1 aromatic rings. The number of sulfonamides is 1. The van der Waals surface area contributed by atoms with Gasteiger partial charge in [0.25, 0.3) is 0 Å². The Morgan fingerprint density at radius 2 is 1.95 bits per heavy atom. The first kappa shape index (κ1) is 16.3. The van der Waals surface area contributed by atoms with Crippen molar-refractivity contribution in [3.63, 3.8) is 0 Å². The molecule has 0 radical (unpaired) electrons. The molecule has 0 aliphatic heterocycles.